The number of rotatable bonds is 4. The standard InChI is InChI=1S/C17H22N2O/c1-13(2)12-20-15-7-5-14(6-8-15)17-16-4-3-10-19(16)11-9-18-17/h3-8,10,13,17-18H,9,11-12H2,1-2H3. The van der Waals surface area contributed by atoms with Crippen molar-refractivity contribution in [2.24, 2.45) is 5.92 Å². The zero-order chi connectivity index (χ0) is 13.9. The summed E-state index contributed by atoms with van der Waals surface area (Å²) >= 11 is 0. The van der Waals surface area contributed by atoms with Gasteiger partial charge >= 0.3 is 0 Å². The molecule has 1 aromatic carbocycles. The van der Waals surface area contributed by atoms with Crippen LogP contribution in [-0.2, 0) is 6.54 Å². The fourth-order valence-corrected chi connectivity index (χ4v) is 2.63. The van der Waals surface area contributed by atoms with Gasteiger partial charge in [-0.3, -0.25) is 0 Å². The molecule has 2 aromatic rings. The smallest absolute Gasteiger partial charge is 0.119 e. The summed E-state index contributed by atoms with van der Waals surface area (Å²) < 4.78 is 8.06. The Hall–Kier alpha value is -1.74. The number of ether oxygens (including phenoxy) is 1. The molecule has 0 radical (unpaired) electrons. The Bertz CT molecular complexity index is 557. The highest BCUT2D eigenvalue weighted by Gasteiger charge is 2.20. The van der Waals surface area contributed by atoms with E-state index in [4.69, 9.17) is 4.74 Å². The highest BCUT2D eigenvalue weighted by molar-refractivity contribution is 5.34. The zero-order valence-electron chi connectivity index (χ0n) is 12.2. The van der Waals surface area contributed by atoms with Gasteiger partial charge in [0.05, 0.1) is 12.6 Å². The van der Waals surface area contributed by atoms with E-state index in [1.54, 1.807) is 0 Å². The lowest BCUT2D eigenvalue weighted by molar-refractivity contribution is 0.271. The van der Waals surface area contributed by atoms with Crippen LogP contribution in [0.2, 0.25) is 0 Å². The van der Waals surface area contributed by atoms with Gasteiger partial charge < -0.3 is 14.6 Å². The van der Waals surface area contributed by atoms with E-state index in [2.05, 4.69) is 66.3 Å². The predicted octanol–water partition coefficient (Wildman–Crippen LogP) is 3.22. The molecule has 0 fully saturated rings. The molecule has 1 aromatic heterocycles. The van der Waals surface area contributed by atoms with Gasteiger partial charge in [0.1, 0.15) is 5.75 Å². The molecule has 1 unspecified atom stereocenters. The van der Waals surface area contributed by atoms with E-state index in [0.717, 1.165) is 25.4 Å². The predicted molar refractivity (Wildman–Crippen MR) is 81.1 cm³/mol. The van der Waals surface area contributed by atoms with Gasteiger partial charge in [-0.25, -0.2) is 0 Å². The summed E-state index contributed by atoms with van der Waals surface area (Å²) in [5.74, 6) is 1.51. The van der Waals surface area contributed by atoms with Crippen molar-refractivity contribution in [3.05, 3.63) is 53.9 Å². The van der Waals surface area contributed by atoms with Crippen LogP contribution < -0.4 is 10.1 Å². The Balaban J connectivity index is 1.76. The minimum absolute atomic E-state index is 0.290. The van der Waals surface area contributed by atoms with Gasteiger partial charge in [0.2, 0.25) is 0 Å². The zero-order valence-corrected chi connectivity index (χ0v) is 12.2. The third-order valence-electron chi connectivity index (χ3n) is 3.66. The molecule has 0 aliphatic carbocycles. The molecule has 1 aliphatic heterocycles. The van der Waals surface area contributed by atoms with Crippen molar-refractivity contribution in [3.8, 4) is 5.75 Å². The van der Waals surface area contributed by atoms with Crippen LogP contribution in [0.25, 0.3) is 0 Å². The van der Waals surface area contributed by atoms with Gasteiger partial charge in [0.25, 0.3) is 0 Å². The van der Waals surface area contributed by atoms with Crippen molar-refractivity contribution in [3.63, 3.8) is 0 Å². The maximum absolute atomic E-state index is 5.74. The quantitative estimate of drug-likeness (QED) is 0.923. The minimum atomic E-state index is 0.290. The molecule has 1 atom stereocenters. The van der Waals surface area contributed by atoms with Crippen molar-refractivity contribution in [1.82, 2.24) is 9.88 Å². The van der Waals surface area contributed by atoms with Crippen LogP contribution in [0.3, 0.4) is 0 Å². The van der Waals surface area contributed by atoms with Gasteiger partial charge in [-0.15, -0.1) is 0 Å². The highest BCUT2D eigenvalue weighted by atomic mass is 16.5. The highest BCUT2D eigenvalue weighted by Crippen LogP contribution is 2.26. The maximum atomic E-state index is 5.74. The summed E-state index contributed by atoms with van der Waals surface area (Å²) in [6, 6.07) is 13.1. The van der Waals surface area contributed by atoms with Crippen LogP contribution in [0.15, 0.2) is 42.6 Å². The average molecular weight is 270 g/mol. The van der Waals surface area contributed by atoms with E-state index in [-0.39, 0.29) is 6.04 Å². The molecule has 3 nitrogen and oxygen atoms in total. The topological polar surface area (TPSA) is 26.2 Å². The Morgan fingerprint density at radius 1 is 1.25 bits per heavy atom. The molecule has 1 N–H and O–H groups in total. The molecule has 2 heterocycles. The molecule has 0 spiro atoms. The number of fused-ring (bicyclic) bond motifs is 1. The van der Waals surface area contributed by atoms with Crippen LogP contribution in [0.5, 0.6) is 5.75 Å². The molecular weight excluding hydrogens is 248 g/mol. The van der Waals surface area contributed by atoms with Gasteiger partial charge in [-0.05, 0) is 35.7 Å². The largest absolute Gasteiger partial charge is 0.493 e. The van der Waals surface area contributed by atoms with E-state index in [9.17, 15) is 0 Å². The SMILES string of the molecule is CC(C)COc1ccc(C2NCCn3cccc32)cc1. The summed E-state index contributed by atoms with van der Waals surface area (Å²) in [6.45, 7) is 7.15. The lowest BCUT2D eigenvalue weighted by Crippen LogP contribution is -2.33. The fourth-order valence-electron chi connectivity index (χ4n) is 2.63. The maximum Gasteiger partial charge on any atom is 0.119 e. The second-order valence-corrected chi connectivity index (χ2v) is 5.79. The van der Waals surface area contributed by atoms with Crippen molar-refractivity contribution in [2.75, 3.05) is 13.2 Å². The summed E-state index contributed by atoms with van der Waals surface area (Å²) in [4.78, 5) is 0. The molecule has 3 rings (SSSR count). The van der Waals surface area contributed by atoms with E-state index in [1.165, 1.54) is 11.3 Å². The molecule has 20 heavy (non-hydrogen) atoms. The van der Waals surface area contributed by atoms with Gasteiger partial charge in [0, 0.05) is 25.0 Å². The molecule has 0 saturated carbocycles. The summed E-state index contributed by atoms with van der Waals surface area (Å²) in [5, 5.41) is 3.59. The van der Waals surface area contributed by atoms with Crippen LogP contribution in [0.4, 0.5) is 0 Å². The molecule has 0 amide bonds. The monoisotopic (exact) mass is 270 g/mol. The van der Waals surface area contributed by atoms with Crippen molar-refractivity contribution >= 4 is 0 Å². The second-order valence-electron chi connectivity index (χ2n) is 5.79. The molecule has 3 heteroatoms. The van der Waals surface area contributed by atoms with Gasteiger partial charge in [0.15, 0.2) is 0 Å². The Morgan fingerprint density at radius 2 is 2.05 bits per heavy atom. The Labute approximate surface area is 120 Å². The van der Waals surface area contributed by atoms with Crippen molar-refractivity contribution in [1.29, 1.82) is 0 Å². The number of nitrogens with zero attached hydrogens (tertiary/aromatic N) is 1. The Kier molecular flexibility index (Phi) is 3.79. The molecule has 0 bridgehead atoms. The Morgan fingerprint density at radius 3 is 2.80 bits per heavy atom. The first-order valence-electron chi connectivity index (χ1n) is 7.35. The second kappa shape index (κ2) is 5.71. The first-order chi connectivity index (χ1) is 9.74. The number of aromatic nitrogens is 1. The van der Waals surface area contributed by atoms with E-state index < -0.39 is 0 Å². The van der Waals surface area contributed by atoms with E-state index in [1.807, 2.05) is 0 Å². The van der Waals surface area contributed by atoms with Gasteiger partial charge in [-0.1, -0.05) is 26.0 Å². The first kappa shape index (κ1) is 13.3. The molecule has 106 valence electrons. The van der Waals surface area contributed by atoms with Crippen LogP contribution >= 0.6 is 0 Å². The number of benzene rings is 1. The van der Waals surface area contributed by atoms with E-state index >= 15 is 0 Å². The van der Waals surface area contributed by atoms with E-state index in [0.29, 0.717) is 5.92 Å². The van der Waals surface area contributed by atoms with Gasteiger partial charge in [-0.2, -0.15) is 0 Å². The third-order valence-corrected chi connectivity index (χ3v) is 3.66. The average Bonchev–Trinajstić information content (AvgIpc) is 2.94. The number of hydrogen-bond donors (Lipinski definition) is 1. The first-order valence-corrected chi connectivity index (χ1v) is 7.35. The molecular formula is C17H22N2O. The number of hydrogen-bond acceptors (Lipinski definition) is 2. The summed E-state index contributed by atoms with van der Waals surface area (Å²) in [5.41, 5.74) is 2.63. The summed E-state index contributed by atoms with van der Waals surface area (Å²) in [6.07, 6.45) is 2.16. The minimum Gasteiger partial charge on any atom is -0.493 e. The fraction of sp³-hybridized carbons (Fsp3) is 0.412. The van der Waals surface area contributed by atoms with Crippen molar-refractivity contribution < 1.29 is 4.74 Å². The molecule has 0 saturated heterocycles. The molecule has 1 aliphatic rings. The van der Waals surface area contributed by atoms with Crippen LogP contribution in [0, 0.1) is 5.92 Å². The van der Waals surface area contributed by atoms with Crippen LogP contribution in [0.1, 0.15) is 31.1 Å². The normalized spacial score (nSPS) is 18.1. The lowest BCUT2D eigenvalue weighted by Gasteiger charge is -2.27. The summed E-state index contributed by atoms with van der Waals surface area (Å²) in [7, 11) is 0. The number of nitrogens with one attached hydrogen (secondary N) is 1. The third kappa shape index (κ3) is 2.73. The van der Waals surface area contributed by atoms with Crippen molar-refractivity contribution in [2.45, 2.75) is 26.4 Å². The van der Waals surface area contributed by atoms with Crippen LogP contribution in [-0.4, -0.2) is 17.7 Å². The lowest BCUT2D eigenvalue weighted by atomic mass is 10.0.